The average molecular weight is 285 g/mol. The Hall–Kier alpha value is -3.02. The maximum atomic E-state index is 11.0. The molecule has 0 saturated carbocycles. The molecule has 0 saturated heterocycles. The van der Waals surface area contributed by atoms with E-state index in [1.165, 1.54) is 18.2 Å². The van der Waals surface area contributed by atoms with Crippen molar-refractivity contribution in [2.24, 2.45) is 5.18 Å². The van der Waals surface area contributed by atoms with E-state index in [2.05, 4.69) is 5.18 Å². The number of nitroso groups, excluding NO2 is 1. The number of benzene rings is 2. The van der Waals surface area contributed by atoms with Crippen LogP contribution in [0.3, 0.4) is 0 Å². The summed E-state index contributed by atoms with van der Waals surface area (Å²) in [6.45, 7) is 0.142. The van der Waals surface area contributed by atoms with Gasteiger partial charge in [-0.15, -0.1) is 4.91 Å². The van der Waals surface area contributed by atoms with E-state index in [1.807, 2.05) is 0 Å². The molecule has 0 bridgehead atoms. The Bertz CT molecular complexity index is 679. The predicted octanol–water partition coefficient (Wildman–Crippen LogP) is 3.17. The van der Waals surface area contributed by atoms with Crippen molar-refractivity contribution >= 4 is 17.9 Å². The van der Waals surface area contributed by atoms with Crippen molar-refractivity contribution in [2.45, 2.75) is 6.61 Å². The van der Waals surface area contributed by atoms with E-state index in [-0.39, 0.29) is 29.2 Å². The van der Waals surface area contributed by atoms with Crippen LogP contribution in [0.4, 0.5) is 5.69 Å². The first-order chi connectivity index (χ1) is 10.2. The smallest absolute Gasteiger partial charge is 0.335 e. The van der Waals surface area contributed by atoms with Crippen LogP contribution in [0, 0.1) is 4.91 Å². The number of carboxylic acids is 1. The Balaban J connectivity index is 2.14. The molecule has 0 heterocycles. The molecule has 0 amide bonds. The lowest BCUT2D eigenvalue weighted by molar-refractivity contribution is 0.0696. The lowest BCUT2D eigenvalue weighted by Gasteiger charge is -2.09. The van der Waals surface area contributed by atoms with Gasteiger partial charge in [-0.3, -0.25) is 4.79 Å². The fourth-order valence-corrected chi connectivity index (χ4v) is 1.76. The van der Waals surface area contributed by atoms with Gasteiger partial charge >= 0.3 is 5.97 Å². The number of ether oxygens (including phenoxy) is 1. The second-order valence-corrected chi connectivity index (χ2v) is 4.19. The number of rotatable bonds is 6. The number of nitrogens with zero attached hydrogens (tertiary/aromatic N) is 1. The zero-order chi connectivity index (χ0) is 15.2. The standard InChI is InChI=1S/C15H11NO5/c17-8-12-13(16-20)2-1-3-14(12)21-9-10-4-6-11(7-5-10)15(18)19/h1-8H,9H2,(H,18,19). The van der Waals surface area contributed by atoms with Crippen molar-refractivity contribution in [3.63, 3.8) is 0 Å². The first kappa shape index (κ1) is 14.4. The van der Waals surface area contributed by atoms with Crippen LogP contribution in [0.2, 0.25) is 0 Å². The molecule has 0 radical (unpaired) electrons. The molecule has 6 nitrogen and oxygen atoms in total. The molecule has 0 spiro atoms. The Morgan fingerprint density at radius 1 is 1.19 bits per heavy atom. The summed E-state index contributed by atoms with van der Waals surface area (Å²) in [5.41, 5.74) is 1.03. The Kier molecular flexibility index (Phi) is 4.40. The van der Waals surface area contributed by atoms with E-state index in [1.54, 1.807) is 24.3 Å². The minimum absolute atomic E-state index is 0.0173. The Morgan fingerprint density at radius 3 is 2.48 bits per heavy atom. The van der Waals surface area contributed by atoms with Crippen molar-refractivity contribution in [2.75, 3.05) is 0 Å². The van der Waals surface area contributed by atoms with Crippen LogP contribution in [-0.2, 0) is 6.61 Å². The number of carboxylic acid groups (broad SMARTS) is 1. The van der Waals surface area contributed by atoms with Crippen molar-refractivity contribution in [3.05, 3.63) is 64.1 Å². The number of carbonyl (C=O) groups is 2. The Morgan fingerprint density at radius 2 is 1.90 bits per heavy atom. The van der Waals surface area contributed by atoms with E-state index >= 15 is 0 Å². The summed E-state index contributed by atoms with van der Waals surface area (Å²) in [5.74, 6) is -0.750. The number of carbonyl (C=O) groups excluding carboxylic acids is 1. The molecule has 2 aromatic rings. The maximum Gasteiger partial charge on any atom is 0.335 e. The second-order valence-electron chi connectivity index (χ2n) is 4.19. The van der Waals surface area contributed by atoms with E-state index in [0.29, 0.717) is 6.29 Å². The van der Waals surface area contributed by atoms with Gasteiger partial charge in [-0.05, 0) is 35.0 Å². The SMILES string of the molecule is O=Cc1c(N=O)cccc1OCc1ccc(C(=O)O)cc1. The molecule has 0 aliphatic heterocycles. The summed E-state index contributed by atoms with van der Waals surface area (Å²) >= 11 is 0. The Labute approximate surface area is 120 Å². The van der Waals surface area contributed by atoms with Gasteiger partial charge in [0.05, 0.1) is 11.1 Å². The number of hydrogen-bond donors (Lipinski definition) is 1. The molecule has 0 aliphatic rings. The van der Waals surface area contributed by atoms with Crippen LogP contribution in [0.25, 0.3) is 0 Å². The molecule has 106 valence electrons. The summed E-state index contributed by atoms with van der Waals surface area (Å²) in [7, 11) is 0. The third kappa shape index (κ3) is 3.30. The maximum absolute atomic E-state index is 11.0. The van der Waals surface area contributed by atoms with Crippen LogP contribution >= 0.6 is 0 Å². The normalized spacial score (nSPS) is 9.90. The van der Waals surface area contributed by atoms with Crippen LogP contribution in [0.15, 0.2) is 47.6 Å². The third-order valence-electron chi connectivity index (χ3n) is 2.85. The molecule has 2 aromatic carbocycles. The largest absolute Gasteiger partial charge is 0.488 e. The van der Waals surface area contributed by atoms with Gasteiger partial charge in [0.25, 0.3) is 0 Å². The van der Waals surface area contributed by atoms with Gasteiger partial charge in [0.2, 0.25) is 0 Å². The lowest BCUT2D eigenvalue weighted by atomic mass is 10.1. The summed E-state index contributed by atoms with van der Waals surface area (Å²) in [5, 5.41) is 11.6. The summed E-state index contributed by atoms with van der Waals surface area (Å²) < 4.78 is 5.48. The second kappa shape index (κ2) is 6.42. The zero-order valence-electron chi connectivity index (χ0n) is 10.9. The molecule has 0 unspecified atom stereocenters. The van der Waals surface area contributed by atoms with E-state index < -0.39 is 5.97 Å². The topological polar surface area (TPSA) is 93.0 Å². The van der Waals surface area contributed by atoms with Gasteiger partial charge in [-0.2, -0.15) is 0 Å². The minimum Gasteiger partial charge on any atom is -0.488 e. The van der Waals surface area contributed by atoms with Gasteiger partial charge < -0.3 is 9.84 Å². The quantitative estimate of drug-likeness (QED) is 0.650. The average Bonchev–Trinajstić information content (AvgIpc) is 2.52. The van der Waals surface area contributed by atoms with E-state index in [0.717, 1.165) is 5.56 Å². The molecule has 0 aliphatic carbocycles. The van der Waals surface area contributed by atoms with Gasteiger partial charge in [0.15, 0.2) is 6.29 Å². The van der Waals surface area contributed by atoms with Crippen LogP contribution in [0.1, 0.15) is 26.3 Å². The highest BCUT2D eigenvalue weighted by Crippen LogP contribution is 2.27. The van der Waals surface area contributed by atoms with Gasteiger partial charge in [0, 0.05) is 0 Å². The van der Waals surface area contributed by atoms with Gasteiger partial charge in [-0.25, -0.2) is 4.79 Å². The minimum atomic E-state index is -1.00. The number of aldehydes is 1. The molecule has 1 N–H and O–H groups in total. The molecule has 0 atom stereocenters. The van der Waals surface area contributed by atoms with Gasteiger partial charge in [-0.1, -0.05) is 18.2 Å². The fraction of sp³-hybridized carbons (Fsp3) is 0.0667. The molecular weight excluding hydrogens is 274 g/mol. The highest BCUT2D eigenvalue weighted by molar-refractivity contribution is 5.87. The fourth-order valence-electron chi connectivity index (χ4n) is 1.76. The monoisotopic (exact) mass is 285 g/mol. The van der Waals surface area contributed by atoms with E-state index in [9.17, 15) is 14.5 Å². The predicted molar refractivity (Wildman–Crippen MR) is 75.0 cm³/mol. The first-order valence-electron chi connectivity index (χ1n) is 6.02. The molecule has 21 heavy (non-hydrogen) atoms. The van der Waals surface area contributed by atoms with Crippen LogP contribution < -0.4 is 4.74 Å². The summed E-state index contributed by atoms with van der Waals surface area (Å²) in [6, 6.07) is 10.7. The third-order valence-corrected chi connectivity index (χ3v) is 2.85. The summed E-state index contributed by atoms with van der Waals surface area (Å²) in [6.07, 6.45) is 0.513. The first-order valence-corrected chi connectivity index (χ1v) is 6.02. The molecule has 6 heteroatoms. The highest BCUT2D eigenvalue weighted by atomic mass is 16.5. The number of aromatic carboxylic acids is 1. The van der Waals surface area contributed by atoms with Gasteiger partial charge in [0.1, 0.15) is 18.0 Å². The van der Waals surface area contributed by atoms with E-state index in [4.69, 9.17) is 9.84 Å². The van der Waals surface area contributed by atoms with Crippen molar-refractivity contribution < 1.29 is 19.4 Å². The van der Waals surface area contributed by atoms with Crippen molar-refractivity contribution in [3.8, 4) is 5.75 Å². The lowest BCUT2D eigenvalue weighted by Crippen LogP contribution is -2.00. The molecule has 0 aromatic heterocycles. The van der Waals surface area contributed by atoms with Crippen molar-refractivity contribution in [1.29, 1.82) is 0 Å². The van der Waals surface area contributed by atoms with Crippen LogP contribution in [0.5, 0.6) is 5.75 Å². The molecular formula is C15H11NO5. The zero-order valence-corrected chi connectivity index (χ0v) is 10.9. The molecule has 2 rings (SSSR count). The number of hydrogen-bond acceptors (Lipinski definition) is 5. The van der Waals surface area contributed by atoms with Crippen LogP contribution in [-0.4, -0.2) is 17.4 Å². The van der Waals surface area contributed by atoms with Crippen molar-refractivity contribution in [1.82, 2.24) is 0 Å². The molecule has 0 fully saturated rings. The summed E-state index contributed by atoms with van der Waals surface area (Å²) in [4.78, 5) is 32.3. The highest BCUT2D eigenvalue weighted by Gasteiger charge is 2.09.